The van der Waals surface area contributed by atoms with Gasteiger partial charge in [0.25, 0.3) is 0 Å². The third kappa shape index (κ3) is 4.95. The second kappa shape index (κ2) is 7.43. The highest BCUT2D eigenvalue weighted by Gasteiger charge is 1.97. The Morgan fingerprint density at radius 2 is 2.40 bits per heavy atom. The van der Waals surface area contributed by atoms with E-state index >= 15 is 0 Å². The smallest absolute Gasteiger partial charge is 0.0762 e. The average Bonchev–Trinajstić information content (AvgIpc) is 2.69. The summed E-state index contributed by atoms with van der Waals surface area (Å²) in [7, 11) is 1.71. The molecule has 0 atom stereocenters. The molecule has 1 N–H and O–H groups in total. The van der Waals surface area contributed by atoms with Crippen molar-refractivity contribution in [3.8, 4) is 0 Å². The van der Waals surface area contributed by atoms with Crippen LogP contribution >= 0.6 is 0 Å². The van der Waals surface area contributed by atoms with Crippen LogP contribution in [-0.4, -0.2) is 30.0 Å². The second-order valence-electron chi connectivity index (χ2n) is 3.59. The zero-order chi connectivity index (χ0) is 10.9. The molecule has 0 aliphatic rings. The molecule has 86 valence electrons. The van der Waals surface area contributed by atoms with E-state index in [2.05, 4.69) is 23.4 Å². The third-order valence-electron chi connectivity index (χ3n) is 2.23. The Morgan fingerprint density at radius 3 is 3.13 bits per heavy atom. The van der Waals surface area contributed by atoms with E-state index in [1.807, 2.05) is 10.9 Å². The number of methoxy groups -OCH3 is 1. The van der Waals surface area contributed by atoms with Gasteiger partial charge in [-0.3, -0.25) is 4.68 Å². The summed E-state index contributed by atoms with van der Waals surface area (Å²) >= 11 is 0. The van der Waals surface area contributed by atoms with Crippen LogP contribution in [0.25, 0.3) is 0 Å². The normalized spacial score (nSPS) is 10.8. The maximum absolute atomic E-state index is 4.95. The molecule has 15 heavy (non-hydrogen) atoms. The van der Waals surface area contributed by atoms with Crippen LogP contribution in [0.1, 0.15) is 25.5 Å². The summed E-state index contributed by atoms with van der Waals surface area (Å²) in [5.74, 6) is 0. The number of unbranched alkanes of at least 4 members (excludes halogenated alkanes) is 1. The number of aromatic nitrogens is 2. The summed E-state index contributed by atoms with van der Waals surface area (Å²) in [6.45, 7) is 5.66. The van der Waals surface area contributed by atoms with Gasteiger partial charge in [-0.1, -0.05) is 13.3 Å². The molecule has 4 heteroatoms. The maximum atomic E-state index is 4.95. The maximum Gasteiger partial charge on any atom is 0.0762 e. The first-order chi connectivity index (χ1) is 7.36. The number of hydrogen-bond acceptors (Lipinski definition) is 3. The number of rotatable bonds is 8. The van der Waals surface area contributed by atoms with E-state index in [1.54, 1.807) is 7.11 Å². The minimum absolute atomic E-state index is 0.747. The first-order valence-corrected chi connectivity index (χ1v) is 5.58. The molecular formula is C11H21N3O. The Hall–Kier alpha value is -0.870. The molecule has 1 aromatic rings. The summed E-state index contributed by atoms with van der Waals surface area (Å²) in [6, 6.07) is 2.06. The van der Waals surface area contributed by atoms with Crippen molar-refractivity contribution in [2.45, 2.75) is 32.9 Å². The number of ether oxygens (including phenoxy) is 1. The molecule has 0 fully saturated rings. The van der Waals surface area contributed by atoms with Gasteiger partial charge in [0.15, 0.2) is 0 Å². The minimum Gasteiger partial charge on any atom is -0.383 e. The molecule has 0 aliphatic carbocycles. The summed E-state index contributed by atoms with van der Waals surface area (Å²) in [5, 5.41) is 7.73. The second-order valence-corrected chi connectivity index (χ2v) is 3.59. The standard InChI is InChI=1S/C11H21N3O/c1-3-4-7-14-8-5-11(13-14)10-12-6-9-15-2/h5,8,12H,3-4,6-7,9-10H2,1-2H3. The average molecular weight is 211 g/mol. The van der Waals surface area contributed by atoms with Crippen LogP contribution in [-0.2, 0) is 17.8 Å². The monoisotopic (exact) mass is 211 g/mol. The number of nitrogens with zero attached hydrogens (tertiary/aromatic N) is 2. The molecular weight excluding hydrogens is 190 g/mol. The lowest BCUT2D eigenvalue weighted by Crippen LogP contribution is -2.19. The molecule has 0 unspecified atom stereocenters. The summed E-state index contributed by atoms with van der Waals surface area (Å²) in [4.78, 5) is 0. The predicted molar refractivity (Wildman–Crippen MR) is 60.7 cm³/mol. The fourth-order valence-electron chi connectivity index (χ4n) is 1.33. The van der Waals surface area contributed by atoms with Gasteiger partial charge in [0.05, 0.1) is 12.3 Å². The Morgan fingerprint density at radius 1 is 1.53 bits per heavy atom. The Balaban J connectivity index is 2.20. The molecule has 0 aliphatic heterocycles. The van der Waals surface area contributed by atoms with E-state index in [-0.39, 0.29) is 0 Å². The minimum atomic E-state index is 0.747. The fourth-order valence-corrected chi connectivity index (χ4v) is 1.33. The Labute approximate surface area is 91.6 Å². The van der Waals surface area contributed by atoms with Gasteiger partial charge >= 0.3 is 0 Å². The molecule has 0 bridgehead atoms. The van der Waals surface area contributed by atoms with Crippen molar-refractivity contribution in [3.63, 3.8) is 0 Å². The van der Waals surface area contributed by atoms with Crippen molar-refractivity contribution in [3.05, 3.63) is 18.0 Å². The zero-order valence-electron chi connectivity index (χ0n) is 9.70. The molecule has 0 saturated carbocycles. The lowest BCUT2D eigenvalue weighted by Gasteiger charge is -2.01. The molecule has 0 spiro atoms. The van der Waals surface area contributed by atoms with Crippen molar-refractivity contribution >= 4 is 0 Å². The Kier molecular flexibility index (Phi) is 6.04. The highest BCUT2D eigenvalue weighted by atomic mass is 16.5. The number of nitrogens with one attached hydrogen (secondary N) is 1. The molecule has 0 aromatic carbocycles. The summed E-state index contributed by atoms with van der Waals surface area (Å²) in [6.07, 6.45) is 4.45. The van der Waals surface area contributed by atoms with E-state index in [4.69, 9.17) is 4.74 Å². The quantitative estimate of drug-likeness (QED) is 0.661. The number of aryl methyl sites for hydroxylation is 1. The van der Waals surface area contributed by atoms with Gasteiger partial charge in [-0.15, -0.1) is 0 Å². The van der Waals surface area contributed by atoms with Crippen molar-refractivity contribution in [1.82, 2.24) is 15.1 Å². The first-order valence-electron chi connectivity index (χ1n) is 5.58. The van der Waals surface area contributed by atoms with Gasteiger partial charge in [-0.25, -0.2) is 0 Å². The lowest BCUT2D eigenvalue weighted by atomic mass is 10.3. The topological polar surface area (TPSA) is 39.1 Å². The van der Waals surface area contributed by atoms with E-state index in [0.717, 1.165) is 31.9 Å². The van der Waals surface area contributed by atoms with Gasteiger partial charge in [0.2, 0.25) is 0 Å². The summed E-state index contributed by atoms with van der Waals surface area (Å²) < 4.78 is 6.96. The van der Waals surface area contributed by atoms with E-state index in [9.17, 15) is 0 Å². The molecule has 0 saturated heterocycles. The number of hydrogen-bond donors (Lipinski definition) is 1. The largest absolute Gasteiger partial charge is 0.383 e. The first kappa shape index (κ1) is 12.2. The van der Waals surface area contributed by atoms with E-state index in [0.29, 0.717) is 0 Å². The van der Waals surface area contributed by atoms with E-state index in [1.165, 1.54) is 12.8 Å². The van der Waals surface area contributed by atoms with Crippen LogP contribution in [0.15, 0.2) is 12.3 Å². The SMILES string of the molecule is CCCCn1ccc(CNCCOC)n1. The van der Waals surface area contributed by atoms with Gasteiger partial charge in [-0.05, 0) is 12.5 Å². The highest BCUT2D eigenvalue weighted by Crippen LogP contribution is 1.98. The van der Waals surface area contributed by atoms with Gasteiger partial charge in [0, 0.05) is 32.9 Å². The molecule has 0 amide bonds. The molecule has 4 nitrogen and oxygen atoms in total. The van der Waals surface area contributed by atoms with Crippen LogP contribution in [0.5, 0.6) is 0 Å². The predicted octanol–water partition coefficient (Wildman–Crippen LogP) is 1.42. The molecule has 1 heterocycles. The lowest BCUT2D eigenvalue weighted by molar-refractivity contribution is 0.199. The van der Waals surface area contributed by atoms with Gasteiger partial charge in [-0.2, -0.15) is 5.10 Å². The fraction of sp³-hybridized carbons (Fsp3) is 0.727. The third-order valence-corrected chi connectivity index (χ3v) is 2.23. The van der Waals surface area contributed by atoms with Gasteiger partial charge in [0.1, 0.15) is 0 Å². The van der Waals surface area contributed by atoms with Crippen molar-refractivity contribution < 1.29 is 4.74 Å². The van der Waals surface area contributed by atoms with Crippen LogP contribution < -0.4 is 5.32 Å². The van der Waals surface area contributed by atoms with Crippen molar-refractivity contribution in [1.29, 1.82) is 0 Å². The van der Waals surface area contributed by atoms with Crippen LogP contribution in [0.4, 0.5) is 0 Å². The van der Waals surface area contributed by atoms with Crippen LogP contribution in [0.2, 0.25) is 0 Å². The van der Waals surface area contributed by atoms with Gasteiger partial charge < -0.3 is 10.1 Å². The summed E-state index contributed by atoms with van der Waals surface area (Å²) in [5.41, 5.74) is 1.10. The van der Waals surface area contributed by atoms with Crippen LogP contribution in [0, 0.1) is 0 Å². The van der Waals surface area contributed by atoms with Crippen LogP contribution in [0.3, 0.4) is 0 Å². The zero-order valence-corrected chi connectivity index (χ0v) is 9.70. The van der Waals surface area contributed by atoms with E-state index < -0.39 is 0 Å². The molecule has 1 aromatic heterocycles. The Bertz CT molecular complexity index is 260. The molecule has 1 rings (SSSR count). The van der Waals surface area contributed by atoms with Crippen molar-refractivity contribution in [2.75, 3.05) is 20.3 Å². The van der Waals surface area contributed by atoms with Crippen molar-refractivity contribution in [2.24, 2.45) is 0 Å². The molecule has 0 radical (unpaired) electrons. The highest BCUT2D eigenvalue weighted by molar-refractivity contribution is 4.98.